The monoisotopic (exact) mass is 247 g/mol. The molecular weight excluding hydrogens is 222 g/mol. The van der Waals surface area contributed by atoms with Crippen LogP contribution in [0.4, 0.5) is 5.69 Å². The number of nitrogens with zero attached hydrogens (tertiary/aromatic N) is 2. The molecule has 1 aromatic rings. The van der Waals surface area contributed by atoms with Gasteiger partial charge in [-0.2, -0.15) is 0 Å². The highest BCUT2D eigenvalue weighted by Crippen LogP contribution is 2.26. The third-order valence-electron chi connectivity index (χ3n) is 3.79. The molecule has 1 aromatic carbocycles. The van der Waals surface area contributed by atoms with Gasteiger partial charge in [-0.1, -0.05) is 18.2 Å². The summed E-state index contributed by atoms with van der Waals surface area (Å²) in [6, 6.07) is 8.53. The molecule has 1 heterocycles. The van der Waals surface area contributed by atoms with Crippen LogP contribution >= 0.6 is 0 Å². The molecule has 100 valence electrons. The predicted molar refractivity (Wildman–Crippen MR) is 77.8 cm³/mol. The molecule has 1 saturated heterocycles. The van der Waals surface area contributed by atoms with E-state index in [-0.39, 0.29) is 0 Å². The van der Waals surface area contributed by atoms with Gasteiger partial charge in [-0.25, -0.2) is 0 Å². The fraction of sp³-hybridized carbons (Fsp3) is 0.600. The van der Waals surface area contributed by atoms with Gasteiger partial charge in [0.25, 0.3) is 0 Å². The van der Waals surface area contributed by atoms with Crippen LogP contribution in [-0.2, 0) is 6.54 Å². The Balaban J connectivity index is 1.97. The van der Waals surface area contributed by atoms with Gasteiger partial charge in [-0.15, -0.1) is 0 Å². The Morgan fingerprint density at radius 1 is 1.22 bits per heavy atom. The van der Waals surface area contributed by atoms with E-state index >= 15 is 0 Å². The van der Waals surface area contributed by atoms with E-state index < -0.39 is 0 Å². The molecule has 0 radical (unpaired) electrons. The minimum absolute atomic E-state index is 0.633. The molecule has 0 aromatic heterocycles. The lowest BCUT2D eigenvalue weighted by Gasteiger charge is -2.35. The third kappa shape index (κ3) is 3.24. The van der Waals surface area contributed by atoms with E-state index in [0.29, 0.717) is 6.54 Å². The van der Waals surface area contributed by atoms with Crippen molar-refractivity contribution in [1.82, 2.24) is 4.90 Å². The molecule has 18 heavy (non-hydrogen) atoms. The van der Waals surface area contributed by atoms with Crippen LogP contribution in [0, 0.1) is 5.92 Å². The van der Waals surface area contributed by atoms with E-state index in [9.17, 15) is 0 Å². The molecule has 0 saturated carbocycles. The highest BCUT2D eigenvalue weighted by Gasteiger charge is 2.20. The molecule has 3 heteroatoms. The SMILES string of the molecule is CN(C)CC1CCN(c2ccccc2CN)CC1. The first-order chi connectivity index (χ1) is 8.70. The molecule has 0 atom stereocenters. The van der Waals surface area contributed by atoms with E-state index in [1.165, 1.54) is 30.6 Å². The number of nitrogens with two attached hydrogens (primary N) is 1. The molecule has 2 N–H and O–H groups in total. The van der Waals surface area contributed by atoms with Crippen molar-refractivity contribution in [3.05, 3.63) is 29.8 Å². The third-order valence-corrected chi connectivity index (χ3v) is 3.79. The quantitative estimate of drug-likeness (QED) is 0.882. The van der Waals surface area contributed by atoms with Crippen molar-refractivity contribution in [1.29, 1.82) is 0 Å². The van der Waals surface area contributed by atoms with Crippen molar-refractivity contribution in [3.8, 4) is 0 Å². The normalized spacial score (nSPS) is 17.4. The summed E-state index contributed by atoms with van der Waals surface area (Å²) in [6.45, 7) is 4.17. The Morgan fingerprint density at radius 3 is 2.50 bits per heavy atom. The summed E-state index contributed by atoms with van der Waals surface area (Å²) >= 11 is 0. The maximum Gasteiger partial charge on any atom is 0.0411 e. The summed E-state index contributed by atoms with van der Waals surface area (Å²) in [5.41, 5.74) is 8.42. The Kier molecular flexibility index (Phi) is 4.61. The molecule has 1 aliphatic heterocycles. The molecular formula is C15H25N3. The van der Waals surface area contributed by atoms with E-state index in [1.807, 2.05) is 0 Å². The van der Waals surface area contributed by atoms with Gasteiger partial charge in [-0.05, 0) is 44.5 Å². The first-order valence-electron chi connectivity index (χ1n) is 6.88. The lowest BCUT2D eigenvalue weighted by atomic mass is 9.95. The van der Waals surface area contributed by atoms with Crippen molar-refractivity contribution in [2.45, 2.75) is 19.4 Å². The van der Waals surface area contributed by atoms with Gasteiger partial charge in [0.2, 0.25) is 0 Å². The van der Waals surface area contributed by atoms with Gasteiger partial charge in [0.05, 0.1) is 0 Å². The molecule has 2 rings (SSSR count). The largest absolute Gasteiger partial charge is 0.371 e. The summed E-state index contributed by atoms with van der Waals surface area (Å²) in [4.78, 5) is 4.79. The summed E-state index contributed by atoms with van der Waals surface area (Å²) in [6.07, 6.45) is 2.58. The Morgan fingerprint density at radius 2 is 1.89 bits per heavy atom. The van der Waals surface area contributed by atoms with Gasteiger partial charge < -0.3 is 15.5 Å². The molecule has 0 spiro atoms. The lowest BCUT2D eigenvalue weighted by Crippen LogP contribution is -2.37. The Hall–Kier alpha value is -1.06. The van der Waals surface area contributed by atoms with Crippen molar-refractivity contribution in [2.75, 3.05) is 38.6 Å². The number of benzene rings is 1. The highest BCUT2D eigenvalue weighted by molar-refractivity contribution is 5.53. The lowest BCUT2D eigenvalue weighted by molar-refractivity contribution is 0.285. The topological polar surface area (TPSA) is 32.5 Å². The fourth-order valence-electron chi connectivity index (χ4n) is 2.86. The van der Waals surface area contributed by atoms with E-state index in [1.54, 1.807) is 0 Å². The average molecular weight is 247 g/mol. The number of piperidine rings is 1. The van der Waals surface area contributed by atoms with Gasteiger partial charge in [0, 0.05) is 31.9 Å². The summed E-state index contributed by atoms with van der Waals surface area (Å²) in [5.74, 6) is 0.848. The van der Waals surface area contributed by atoms with Gasteiger partial charge in [0.15, 0.2) is 0 Å². The number of hydrogen-bond donors (Lipinski definition) is 1. The molecule has 3 nitrogen and oxygen atoms in total. The maximum absolute atomic E-state index is 5.82. The zero-order valence-electron chi connectivity index (χ0n) is 11.6. The van der Waals surface area contributed by atoms with Crippen molar-refractivity contribution < 1.29 is 0 Å². The van der Waals surface area contributed by atoms with E-state index in [0.717, 1.165) is 19.0 Å². The first-order valence-corrected chi connectivity index (χ1v) is 6.88. The molecule has 0 unspecified atom stereocenters. The predicted octanol–water partition coefficient (Wildman–Crippen LogP) is 1.92. The fourth-order valence-corrected chi connectivity index (χ4v) is 2.86. The summed E-state index contributed by atoms with van der Waals surface area (Å²) in [7, 11) is 4.33. The van der Waals surface area contributed by atoms with Gasteiger partial charge >= 0.3 is 0 Å². The first kappa shape index (κ1) is 13.4. The van der Waals surface area contributed by atoms with Crippen molar-refractivity contribution in [2.24, 2.45) is 11.7 Å². The van der Waals surface area contributed by atoms with E-state index in [2.05, 4.69) is 48.2 Å². The number of hydrogen-bond acceptors (Lipinski definition) is 3. The number of para-hydroxylation sites is 1. The van der Waals surface area contributed by atoms with Crippen LogP contribution in [0.5, 0.6) is 0 Å². The van der Waals surface area contributed by atoms with Crippen LogP contribution in [0.15, 0.2) is 24.3 Å². The Bertz CT molecular complexity index is 368. The highest BCUT2D eigenvalue weighted by atomic mass is 15.1. The second-order valence-electron chi connectivity index (χ2n) is 5.53. The zero-order chi connectivity index (χ0) is 13.0. The van der Waals surface area contributed by atoms with Crippen LogP contribution < -0.4 is 10.6 Å². The molecule has 0 amide bonds. The van der Waals surface area contributed by atoms with Crippen LogP contribution in [0.1, 0.15) is 18.4 Å². The maximum atomic E-state index is 5.82. The second kappa shape index (κ2) is 6.21. The molecule has 1 fully saturated rings. The minimum atomic E-state index is 0.633. The van der Waals surface area contributed by atoms with Crippen LogP contribution in [-0.4, -0.2) is 38.6 Å². The number of rotatable bonds is 4. The molecule has 0 bridgehead atoms. The standard InChI is InChI=1S/C15H25N3/c1-17(2)12-13-7-9-18(10-8-13)15-6-4-3-5-14(15)11-16/h3-6,13H,7-12,16H2,1-2H3. The van der Waals surface area contributed by atoms with Crippen LogP contribution in [0.3, 0.4) is 0 Å². The van der Waals surface area contributed by atoms with Gasteiger partial charge in [0.1, 0.15) is 0 Å². The summed E-state index contributed by atoms with van der Waals surface area (Å²) in [5, 5.41) is 0. The molecule has 1 aliphatic rings. The number of anilines is 1. The molecule has 0 aliphatic carbocycles. The summed E-state index contributed by atoms with van der Waals surface area (Å²) < 4.78 is 0. The average Bonchev–Trinajstić information content (AvgIpc) is 2.39. The van der Waals surface area contributed by atoms with Crippen molar-refractivity contribution in [3.63, 3.8) is 0 Å². The van der Waals surface area contributed by atoms with Crippen molar-refractivity contribution >= 4 is 5.69 Å². The zero-order valence-corrected chi connectivity index (χ0v) is 11.6. The second-order valence-corrected chi connectivity index (χ2v) is 5.53. The minimum Gasteiger partial charge on any atom is -0.371 e. The van der Waals surface area contributed by atoms with Crippen LogP contribution in [0.25, 0.3) is 0 Å². The Labute approximate surface area is 111 Å². The van der Waals surface area contributed by atoms with Crippen LogP contribution in [0.2, 0.25) is 0 Å². The van der Waals surface area contributed by atoms with E-state index in [4.69, 9.17) is 5.73 Å². The smallest absolute Gasteiger partial charge is 0.0411 e. The van der Waals surface area contributed by atoms with Gasteiger partial charge in [-0.3, -0.25) is 0 Å².